The van der Waals surface area contributed by atoms with E-state index in [0.717, 1.165) is 24.8 Å². The number of benzene rings is 2. The van der Waals surface area contributed by atoms with Crippen LogP contribution in [0.4, 0.5) is 13.2 Å². The minimum Gasteiger partial charge on any atom is -0.485 e. The first-order valence-electron chi connectivity index (χ1n) is 11.4. The van der Waals surface area contributed by atoms with Gasteiger partial charge in [-0.15, -0.1) is 13.2 Å². The van der Waals surface area contributed by atoms with Crippen LogP contribution in [0.15, 0.2) is 54.6 Å². The predicted octanol–water partition coefficient (Wildman–Crippen LogP) is 6.94. The quantitative estimate of drug-likeness (QED) is 0.322. The Kier molecular flexibility index (Phi) is 6.40. The van der Waals surface area contributed by atoms with Gasteiger partial charge in [0.25, 0.3) is 0 Å². The SMILES string of the molecule is CC1(C)[C@@H]2CC[C@@]1(C)[C@@H](OC(=O)/C=C/c1ccc(OCc3ccccc3)c(OC(F)(F)F)c1)C2. The number of alkyl halides is 3. The van der Waals surface area contributed by atoms with Crippen LogP contribution in [0.5, 0.6) is 11.5 Å². The predicted molar refractivity (Wildman–Crippen MR) is 122 cm³/mol. The maximum atomic E-state index is 13.0. The van der Waals surface area contributed by atoms with Crippen molar-refractivity contribution in [2.45, 2.75) is 59.1 Å². The fraction of sp³-hybridized carbons (Fsp3) is 0.444. The number of rotatable bonds is 7. The van der Waals surface area contributed by atoms with Gasteiger partial charge in [0.2, 0.25) is 0 Å². The number of hydrogen-bond acceptors (Lipinski definition) is 4. The fourth-order valence-electron chi connectivity index (χ4n) is 5.34. The summed E-state index contributed by atoms with van der Waals surface area (Å²) in [5.41, 5.74) is 1.22. The van der Waals surface area contributed by atoms with Crippen LogP contribution in [0.3, 0.4) is 0 Å². The molecule has 0 heterocycles. The molecule has 0 aromatic heterocycles. The molecule has 182 valence electrons. The number of carbonyl (C=O) groups is 1. The standard InChI is InChI=1S/C27H29F3O4/c1-25(2)20-13-14-26(25,3)23(16-20)33-24(31)12-10-18-9-11-21(22(15-18)34-27(28,29)30)32-17-19-7-5-4-6-8-19/h4-12,15,20,23H,13-14,16-17H2,1-3H3/b12-10+/t20-,23+,26+/m1/s1. The first-order chi connectivity index (χ1) is 16.0. The van der Waals surface area contributed by atoms with Crippen LogP contribution in [0.25, 0.3) is 6.08 Å². The van der Waals surface area contributed by atoms with Crippen molar-refractivity contribution < 1.29 is 32.2 Å². The Morgan fingerprint density at radius 2 is 1.82 bits per heavy atom. The van der Waals surface area contributed by atoms with Crippen LogP contribution in [-0.2, 0) is 16.1 Å². The van der Waals surface area contributed by atoms with E-state index in [4.69, 9.17) is 9.47 Å². The van der Waals surface area contributed by atoms with Gasteiger partial charge in [0, 0.05) is 11.5 Å². The molecule has 2 aromatic rings. The first-order valence-corrected chi connectivity index (χ1v) is 11.4. The molecular formula is C27H29F3O4. The number of hydrogen-bond donors (Lipinski definition) is 0. The summed E-state index contributed by atoms with van der Waals surface area (Å²) in [6.07, 6.45) is 0.655. The summed E-state index contributed by atoms with van der Waals surface area (Å²) in [6.45, 7) is 6.74. The van der Waals surface area contributed by atoms with Gasteiger partial charge in [0.15, 0.2) is 11.5 Å². The van der Waals surface area contributed by atoms with Crippen LogP contribution in [-0.4, -0.2) is 18.4 Å². The van der Waals surface area contributed by atoms with Crippen molar-refractivity contribution in [3.8, 4) is 11.5 Å². The smallest absolute Gasteiger partial charge is 0.485 e. The van der Waals surface area contributed by atoms with Gasteiger partial charge in [-0.05, 0) is 59.9 Å². The van der Waals surface area contributed by atoms with E-state index in [1.54, 1.807) is 6.07 Å². The Morgan fingerprint density at radius 3 is 2.44 bits per heavy atom. The average Bonchev–Trinajstić information content (AvgIpc) is 3.10. The molecule has 0 aliphatic heterocycles. The second-order valence-electron chi connectivity index (χ2n) is 9.90. The zero-order valence-electron chi connectivity index (χ0n) is 19.5. The van der Waals surface area contributed by atoms with Crippen molar-refractivity contribution in [3.63, 3.8) is 0 Å². The summed E-state index contributed by atoms with van der Waals surface area (Å²) >= 11 is 0. The number of halogens is 3. The van der Waals surface area contributed by atoms with Gasteiger partial charge in [-0.2, -0.15) is 0 Å². The number of ether oxygens (including phenoxy) is 3. The highest BCUT2D eigenvalue weighted by Crippen LogP contribution is 2.66. The molecule has 2 aromatic carbocycles. The zero-order chi connectivity index (χ0) is 24.6. The third kappa shape index (κ3) is 4.93. The maximum absolute atomic E-state index is 13.0. The molecule has 2 saturated carbocycles. The van der Waals surface area contributed by atoms with Crippen molar-refractivity contribution >= 4 is 12.0 Å². The van der Waals surface area contributed by atoms with Crippen molar-refractivity contribution in [2.24, 2.45) is 16.7 Å². The van der Waals surface area contributed by atoms with Crippen LogP contribution in [0.2, 0.25) is 0 Å². The fourth-order valence-corrected chi connectivity index (χ4v) is 5.34. The largest absolute Gasteiger partial charge is 0.573 e. The van der Waals surface area contributed by atoms with E-state index < -0.39 is 18.1 Å². The van der Waals surface area contributed by atoms with Gasteiger partial charge in [0.05, 0.1) is 0 Å². The summed E-state index contributed by atoms with van der Waals surface area (Å²) in [5.74, 6) is -0.485. The Balaban J connectivity index is 1.45. The summed E-state index contributed by atoms with van der Waals surface area (Å²) < 4.78 is 54.4. The molecule has 2 aliphatic rings. The molecule has 0 amide bonds. The van der Waals surface area contributed by atoms with E-state index in [0.29, 0.717) is 11.5 Å². The highest BCUT2D eigenvalue weighted by atomic mass is 19.4. The lowest BCUT2D eigenvalue weighted by atomic mass is 9.70. The van der Waals surface area contributed by atoms with Crippen molar-refractivity contribution in [1.29, 1.82) is 0 Å². The summed E-state index contributed by atoms with van der Waals surface area (Å²) in [7, 11) is 0. The molecule has 34 heavy (non-hydrogen) atoms. The average molecular weight is 475 g/mol. The summed E-state index contributed by atoms with van der Waals surface area (Å²) in [4.78, 5) is 12.5. The lowest BCUT2D eigenvalue weighted by Gasteiger charge is -2.38. The number of esters is 1. The molecule has 0 spiro atoms. The first kappa shape index (κ1) is 24.2. The van der Waals surface area contributed by atoms with E-state index in [2.05, 4.69) is 25.5 Å². The number of carbonyl (C=O) groups excluding carboxylic acids is 1. The van der Waals surface area contributed by atoms with Crippen molar-refractivity contribution in [2.75, 3.05) is 0 Å². The highest BCUT2D eigenvalue weighted by molar-refractivity contribution is 5.87. The van der Waals surface area contributed by atoms with Crippen LogP contribution in [0, 0.1) is 16.7 Å². The third-order valence-electron chi connectivity index (χ3n) is 7.81. The Labute approximate surface area is 197 Å². The Morgan fingerprint density at radius 1 is 1.09 bits per heavy atom. The minimum absolute atomic E-state index is 0.0435. The number of fused-ring (bicyclic) bond motifs is 2. The van der Waals surface area contributed by atoms with Crippen LogP contribution < -0.4 is 9.47 Å². The maximum Gasteiger partial charge on any atom is 0.573 e. The lowest BCUT2D eigenvalue weighted by Crippen LogP contribution is -2.38. The van der Waals surface area contributed by atoms with Crippen molar-refractivity contribution in [1.82, 2.24) is 0 Å². The molecule has 0 N–H and O–H groups in total. The molecule has 4 rings (SSSR count). The molecular weight excluding hydrogens is 445 g/mol. The topological polar surface area (TPSA) is 44.8 Å². The minimum atomic E-state index is -4.88. The zero-order valence-corrected chi connectivity index (χ0v) is 19.5. The van der Waals surface area contributed by atoms with E-state index in [-0.39, 0.29) is 29.3 Å². The van der Waals surface area contributed by atoms with Gasteiger partial charge in [0.1, 0.15) is 12.7 Å². The molecule has 0 saturated heterocycles. The molecule has 0 radical (unpaired) electrons. The Hall–Kier alpha value is -2.96. The van der Waals surface area contributed by atoms with Gasteiger partial charge in [-0.1, -0.05) is 57.2 Å². The molecule has 7 heteroatoms. The van der Waals surface area contributed by atoms with Crippen molar-refractivity contribution in [3.05, 3.63) is 65.7 Å². The van der Waals surface area contributed by atoms with E-state index in [1.165, 1.54) is 24.3 Å². The molecule has 2 bridgehead atoms. The second-order valence-corrected chi connectivity index (χ2v) is 9.90. The van der Waals surface area contributed by atoms with Gasteiger partial charge in [-0.3, -0.25) is 0 Å². The van der Waals surface area contributed by atoms with Gasteiger partial charge >= 0.3 is 12.3 Å². The molecule has 3 atom stereocenters. The molecule has 2 aliphatic carbocycles. The summed E-state index contributed by atoms with van der Waals surface area (Å²) in [6, 6.07) is 13.2. The van der Waals surface area contributed by atoms with Crippen LogP contribution in [0.1, 0.15) is 51.2 Å². The normalized spacial score (nSPS) is 25.5. The molecule has 2 fully saturated rings. The van der Waals surface area contributed by atoms with E-state index >= 15 is 0 Å². The Bertz CT molecular complexity index is 1060. The molecule has 0 unspecified atom stereocenters. The highest BCUT2D eigenvalue weighted by Gasteiger charge is 2.62. The molecule has 4 nitrogen and oxygen atoms in total. The second kappa shape index (κ2) is 9.01. The monoisotopic (exact) mass is 474 g/mol. The third-order valence-corrected chi connectivity index (χ3v) is 7.81. The van der Waals surface area contributed by atoms with E-state index in [9.17, 15) is 18.0 Å². The van der Waals surface area contributed by atoms with Crippen LogP contribution >= 0.6 is 0 Å². The lowest BCUT2D eigenvalue weighted by molar-refractivity contribution is -0.275. The van der Waals surface area contributed by atoms with Gasteiger partial charge in [-0.25, -0.2) is 4.79 Å². The van der Waals surface area contributed by atoms with Gasteiger partial charge < -0.3 is 14.2 Å². The van der Waals surface area contributed by atoms with E-state index in [1.807, 2.05) is 30.3 Å². The summed E-state index contributed by atoms with van der Waals surface area (Å²) in [5, 5.41) is 0.